The number of rotatable bonds is 7. The van der Waals surface area contributed by atoms with Gasteiger partial charge in [0.1, 0.15) is 5.66 Å². The first-order chi connectivity index (χ1) is 7.74. The number of carboxylic acid groups (broad SMARTS) is 1. The maximum atomic E-state index is 10.6. The summed E-state index contributed by atoms with van der Waals surface area (Å²) in [5.74, 6) is -0.926. The molecule has 0 aliphatic carbocycles. The smallest absolute Gasteiger partial charge is 0.313 e. The van der Waals surface area contributed by atoms with E-state index in [1.54, 1.807) is 0 Å². The summed E-state index contributed by atoms with van der Waals surface area (Å²) in [6, 6.07) is 10.1. The summed E-state index contributed by atoms with van der Waals surface area (Å²) in [6.45, 7) is 0. The van der Waals surface area contributed by atoms with E-state index in [-0.39, 0.29) is 0 Å². The molecule has 1 aromatic carbocycles. The monoisotopic (exact) mass is 240 g/mol. The van der Waals surface area contributed by atoms with Gasteiger partial charge in [-0.2, -0.15) is 0 Å². The van der Waals surface area contributed by atoms with Gasteiger partial charge >= 0.3 is 5.97 Å². The topological polar surface area (TPSA) is 54.4 Å². The lowest BCUT2D eigenvalue weighted by Gasteiger charge is -2.05. The largest absolute Gasteiger partial charge is 0.481 e. The van der Waals surface area contributed by atoms with Gasteiger partial charge in [-0.05, 0) is 24.8 Å². The van der Waals surface area contributed by atoms with Crippen molar-refractivity contribution in [1.29, 1.82) is 0 Å². The molecule has 0 spiro atoms. The molecule has 0 radical (unpaired) electrons. The highest BCUT2D eigenvalue weighted by Crippen LogP contribution is 2.16. The van der Waals surface area contributed by atoms with Crippen LogP contribution in [0.25, 0.3) is 0 Å². The summed E-state index contributed by atoms with van der Waals surface area (Å²) in [5.41, 5.74) is 0.639. The minimum Gasteiger partial charge on any atom is -0.481 e. The van der Waals surface area contributed by atoms with E-state index in [2.05, 4.69) is 12.1 Å². The van der Waals surface area contributed by atoms with E-state index in [1.165, 1.54) is 5.56 Å². The molecular weight excluding hydrogens is 223 g/mol. The van der Waals surface area contributed by atoms with Crippen LogP contribution < -0.4 is 0 Å². The van der Waals surface area contributed by atoms with E-state index in [0.29, 0.717) is 6.42 Å². The second-order valence-electron chi connectivity index (χ2n) is 3.81. The molecule has 0 amide bonds. The molecule has 4 heteroatoms. The number of aryl methyl sites for hydroxylation is 1. The fourth-order valence-electron chi connectivity index (χ4n) is 1.59. The lowest BCUT2D eigenvalue weighted by molar-refractivity contribution is -0.136. The van der Waals surface area contributed by atoms with E-state index in [4.69, 9.17) is 5.11 Å². The predicted molar refractivity (Wildman–Crippen MR) is 65.8 cm³/mol. The number of hydrogen-bond acceptors (Lipinski definition) is 2. The van der Waals surface area contributed by atoms with Crippen molar-refractivity contribution in [1.82, 2.24) is 0 Å². The van der Waals surface area contributed by atoms with Crippen LogP contribution in [0.4, 0.5) is 0 Å². The van der Waals surface area contributed by atoms with Gasteiger partial charge in [0.2, 0.25) is 0 Å². The fourth-order valence-corrected chi connectivity index (χ4v) is 2.08. The Morgan fingerprint density at radius 1 is 1.25 bits per heavy atom. The normalized spacial score (nSPS) is 13.0. The van der Waals surface area contributed by atoms with Crippen LogP contribution >= 0.6 is 8.46 Å². The number of carbonyl (C=O) groups is 1. The molecule has 2 atom stereocenters. The summed E-state index contributed by atoms with van der Waals surface area (Å²) < 4.78 is 10.6. The quantitative estimate of drug-likeness (QED) is 0.588. The van der Waals surface area contributed by atoms with Crippen LogP contribution in [0.15, 0.2) is 30.3 Å². The van der Waals surface area contributed by atoms with Crippen molar-refractivity contribution in [2.24, 2.45) is 0 Å². The second kappa shape index (κ2) is 7.24. The van der Waals surface area contributed by atoms with E-state index in [9.17, 15) is 9.36 Å². The number of carboxylic acids is 1. The van der Waals surface area contributed by atoms with Gasteiger partial charge in [0, 0.05) is 0 Å². The van der Waals surface area contributed by atoms with Crippen LogP contribution in [0.3, 0.4) is 0 Å². The van der Waals surface area contributed by atoms with Crippen molar-refractivity contribution >= 4 is 14.4 Å². The minimum absolute atomic E-state index is 0.529. The van der Waals surface area contributed by atoms with Gasteiger partial charge in [-0.15, -0.1) is 0 Å². The van der Waals surface area contributed by atoms with Crippen LogP contribution in [0.2, 0.25) is 0 Å². The average molecular weight is 240 g/mol. The molecule has 0 saturated heterocycles. The van der Waals surface area contributed by atoms with E-state index in [0.717, 1.165) is 19.3 Å². The van der Waals surface area contributed by atoms with Crippen LogP contribution in [0.1, 0.15) is 24.8 Å². The molecule has 88 valence electrons. The molecule has 0 bridgehead atoms. The van der Waals surface area contributed by atoms with Crippen molar-refractivity contribution in [3.8, 4) is 0 Å². The molecule has 1 rings (SSSR count). The third-order valence-electron chi connectivity index (χ3n) is 2.55. The average Bonchev–Trinajstić information content (AvgIpc) is 2.30. The van der Waals surface area contributed by atoms with Gasteiger partial charge in [0.15, 0.2) is 0 Å². The highest BCUT2D eigenvalue weighted by atomic mass is 31.1. The maximum absolute atomic E-state index is 10.6. The summed E-state index contributed by atoms with van der Waals surface area (Å²) in [5, 5.41) is 8.71. The third kappa shape index (κ3) is 4.63. The Balaban J connectivity index is 2.21. The predicted octanol–water partition coefficient (Wildman–Crippen LogP) is 2.61. The molecule has 0 aliphatic heterocycles. The molecule has 3 nitrogen and oxygen atoms in total. The zero-order valence-electron chi connectivity index (χ0n) is 9.13. The first-order valence-corrected chi connectivity index (χ1v) is 6.60. The minimum atomic E-state index is -1.20. The van der Waals surface area contributed by atoms with Gasteiger partial charge in [-0.25, -0.2) is 0 Å². The van der Waals surface area contributed by atoms with Crippen molar-refractivity contribution < 1.29 is 14.5 Å². The van der Waals surface area contributed by atoms with Crippen LogP contribution in [-0.4, -0.2) is 16.7 Å². The standard InChI is InChI=1S/C12H17O3P/c13-12(14)11(16-15)9-5-4-8-10-6-2-1-3-7-10/h1-3,6-7,11H,4-5,8-9,16H2,(H,13,14). The van der Waals surface area contributed by atoms with E-state index in [1.807, 2.05) is 18.2 Å². The van der Waals surface area contributed by atoms with Crippen molar-refractivity contribution in [2.45, 2.75) is 31.3 Å². The van der Waals surface area contributed by atoms with E-state index < -0.39 is 20.1 Å². The zero-order chi connectivity index (χ0) is 11.8. The Morgan fingerprint density at radius 2 is 1.94 bits per heavy atom. The lowest BCUT2D eigenvalue weighted by Crippen LogP contribution is -2.12. The Morgan fingerprint density at radius 3 is 2.50 bits per heavy atom. The molecule has 0 saturated carbocycles. The summed E-state index contributed by atoms with van der Waals surface area (Å²) in [4.78, 5) is 10.6. The van der Waals surface area contributed by atoms with Crippen molar-refractivity contribution in [3.05, 3.63) is 35.9 Å². The fraction of sp³-hybridized carbons (Fsp3) is 0.417. The Kier molecular flexibility index (Phi) is 5.87. The van der Waals surface area contributed by atoms with Crippen LogP contribution in [-0.2, 0) is 15.8 Å². The van der Waals surface area contributed by atoms with Crippen LogP contribution in [0.5, 0.6) is 0 Å². The molecule has 0 aliphatic rings. The van der Waals surface area contributed by atoms with Crippen molar-refractivity contribution in [2.75, 3.05) is 0 Å². The Labute approximate surface area is 96.7 Å². The zero-order valence-corrected chi connectivity index (χ0v) is 10.3. The molecule has 1 N–H and O–H groups in total. The number of hydrogen-bond donors (Lipinski definition) is 1. The van der Waals surface area contributed by atoms with Gasteiger partial charge < -0.3 is 9.67 Å². The van der Waals surface area contributed by atoms with Crippen LogP contribution in [0, 0.1) is 0 Å². The number of aliphatic carboxylic acids is 1. The van der Waals surface area contributed by atoms with Gasteiger partial charge in [-0.3, -0.25) is 4.79 Å². The summed E-state index contributed by atoms with van der Waals surface area (Å²) in [7, 11) is -1.20. The first-order valence-electron chi connectivity index (χ1n) is 5.46. The molecule has 0 fully saturated rings. The van der Waals surface area contributed by atoms with Gasteiger partial charge in [0.05, 0.1) is 8.46 Å². The molecule has 0 heterocycles. The lowest BCUT2D eigenvalue weighted by atomic mass is 10.1. The Hall–Kier alpha value is -1.08. The molecule has 16 heavy (non-hydrogen) atoms. The molecule has 2 unspecified atom stereocenters. The third-order valence-corrected chi connectivity index (χ3v) is 3.50. The second-order valence-corrected chi connectivity index (χ2v) is 4.89. The molecule has 0 aromatic heterocycles. The van der Waals surface area contributed by atoms with Gasteiger partial charge in [0.25, 0.3) is 0 Å². The number of unbranched alkanes of at least 4 members (excludes halogenated alkanes) is 1. The highest BCUT2D eigenvalue weighted by Gasteiger charge is 2.14. The Bertz CT molecular complexity index is 337. The molecular formula is C12H17O3P. The van der Waals surface area contributed by atoms with E-state index >= 15 is 0 Å². The SMILES string of the molecule is O=[PH2]C(CCCCc1ccccc1)C(=O)O. The number of benzene rings is 1. The summed E-state index contributed by atoms with van der Waals surface area (Å²) in [6.07, 6.45) is 3.26. The van der Waals surface area contributed by atoms with Crippen molar-refractivity contribution in [3.63, 3.8) is 0 Å². The highest BCUT2D eigenvalue weighted by molar-refractivity contribution is 7.26. The maximum Gasteiger partial charge on any atom is 0.313 e. The van der Waals surface area contributed by atoms with Gasteiger partial charge in [-0.1, -0.05) is 36.8 Å². The summed E-state index contributed by atoms with van der Waals surface area (Å²) >= 11 is 0. The first kappa shape index (κ1) is 13.0. The molecule has 1 aromatic rings.